The van der Waals surface area contributed by atoms with Crippen LogP contribution in [0.5, 0.6) is 0 Å². The van der Waals surface area contributed by atoms with Crippen molar-refractivity contribution in [2.45, 2.75) is 83.6 Å². The molecule has 1 atom stereocenters. The molecule has 0 N–H and O–H groups in total. The van der Waals surface area contributed by atoms with E-state index in [0.717, 1.165) is 46.9 Å². The normalized spacial score (nSPS) is 20.4. The standard InChI is InChI=1S/C27H35F3N8OS/c1-3-7-19-14-20-22(36-12-13-38-21(16-36)33-34-25(38)27(28,29)30)31-26(32-23(20)40-19)37-11-10-17(15-37)24(39)35(2)18-8-5-4-6-9-18/h14,17-18H,3-13,15-16H2,1-2H3/t17-/m0/s1. The molecular weight excluding hydrogens is 541 g/mol. The molecule has 1 saturated heterocycles. The second kappa shape index (κ2) is 10.8. The SMILES string of the molecule is CCCc1cc2c(N3CCn4c(nnc4C(F)(F)F)C3)nc(N3CC[C@H](C(=O)N(C)C4CCCCC4)C3)nc2s1. The lowest BCUT2D eigenvalue weighted by atomic mass is 9.93. The highest BCUT2D eigenvalue weighted by molar-refractivity contribution is 7.18. The number of rotatable bonds is 6. The zero-order chi connectivity index (χ0) is 28.0. The third-order valence-corrected chi connectivity index (χ3v) is 9.59. The van der Waals surface area contributed by atoms with Crippen LogP contribution in [0.25, 0.3) is 10.2 Å². The van der Waals surface area contributed by atoms with Gasteiger partial charge in [0.1, 0.15) is 10.6 Å². The lowest BCUT2D eigenvalue weighted by Crippen LogP contribution is -2.42. The van der Waals surface area contributed by atoms with E-state index >= 15 is 0 Å². The Morgan fingerprint density at radius 1 is 1.07 bits per heavy atom. The molecule has 0 unspecified atom stereocenters. The number of fused-ring (bicyclic) bond motifs is 2. The average molecular weight is 577 g/mol. The Hall–Kier alpha value is -2.96. The fraction of sp³-hybridized carbons (Fsp3) is 0.667. The first-order valence-corrected chi connectivity index (χ1v) is 15.1. The van der Waals surface area contributed by atoms with Crippen molar-refractivity contribution >= 4 is 39.2 Å². The first kappa shape index (κ1) is 27.2. The minimum Gasteiger partial charge on any atom is -0.347 e. The molecule has 0 radical (unpaired) electrons. The second-order valence-electron chi connectivity index (χ2n) is 11.2. The molecule has 0 aromatic carbocycles. The number of aryl methyl sites for hydroxylation is 1. The zero-order valence-electron chi connectivity index (χ0n) is 23.0. The van der Waals surface area contributed by atoms with Crippen molar-refractivity contribution in [3.05, 3.63) is 22.6 Å². The van der Waals surface area contributed by atoms with Crippen LogP contribution in [0.15, 0.2) is 6.07 Å². The first-order valence-electron chi connectivity index (χ1n) is 14.3. The van der Waals surface area contributed by atoms with Crippen molar-refractivity contribution < 1.29 is 18.0 Å². The molecule has 40 heavy (non-hydrogen) atoms. The van der Waals surface area contributed by atoms with E-state index in [2.05, 4.69) is 28.1 Å². The van der Waals surface area contributed by atoms with E-state index in [1.165, 1.54) is 24.1 Å². The van der Waals surface area contributed by atoms with E-state index < -0.39 is 12.0 Å². The van der Waals surface area contributed by atoms with Crippen LogP contribution in [0.4, 0.5) is 24.9 Å². The number of carbonyl (C=O) groups is 1. The maximum atomic E-state index is 13.4. The molecule has 2 aliphatic heterocycles. The fourth-order valence-corrected chi connectivity index (χ4v) is 7.44. The summed E-state index contributed by atoms with van der Waals surface area (Å²) in [7, 11) is 1.95. The maximum absolute atomic E-state index is 13.4. The van der Waals surface area contributed by atoms with Crippen LogP contribution in [0.1, 0.15) is 68.4 Å². The summed E-state index contributed by atoms with van der Waals surface area (Å²) in [5.74, 6) is 0.702. The molecule has 13 heteroatoms. The van der Waals surface area contributed by atoms with Gasteiger partial charge in [-0.3, -0.25) is 4.79 Å². The van der Waals surface area contributed by atoms with Crippen molar-refractivity contribution in [3.8, 4) is 0 Å². The van der Waals surface area contributed by atoms with Crippen LogP contribution < -0.4 is 9.80 Å². The number of hydrogen-bond donors (Lipinski definition) is 0. The number of carbonyl (C=O) groups excluding carboxylic acids is 1. The number of halogens is 3. The number of nitrogens with zero attached hydrogens (tertiary/aromatic N) is 8. The minimum atomic E-state index is -4.54. The van der Waals surface area contributed by atoms with E-state index in [4.69, 9.17) is 9.97 Å². The second-order valence-corrected chi connectivity index (χ2v) is 12.3. The van der Waals surface area contributed by atoms with Gasteiger partial charge in [-0.15, -0.1) is 21.5 Å². The van der Waals surface area contributed by atoms with E-state index in [9.17, 15) is 18.0 Å². The number of hydrogen-bond acceptors (Lipinski definition) is 8. The minimum absolute atomic E-state index is 0.0945. The van der Waals surface area contributed by atoms with E-state index in [0.29, 0.717) is 37.4 Å². The summed E-state index contributed by atoms with van der Waals surface area (Å²) in [6, 6.07) is 2.44. The highest BCUT2D eigenvalue weighted by Gasteiger charge is 2.40. The van der Waals surface area contributed by atoms with Gasteiger partial charge in [0.2, 0.25) is 17.7 Å². The van der Waals surface area contributed by atoms with Crippen molar-refractivity contribution in [1.82, 2.24) is 29.6 Å². The monoisotopic (exact) mass is 576 g/mol. The lowest BCUT2D eigenvalue weighted by Gasteiger charge is -2.33. The maximum Gasteiger partial charge on any atom is 0.451 e. The largest absolute Gasteiger partial charge is 0.451 e. The van der Waals surface area contributed by atoms with Gasteiger partial charge in [-0.2, -0.15) is 18.2 Å². The molecule has 3 aliphatic rings. The van der Waals surface area contributed by atoms with E-state index in [1.54, 1.807) is 11.3 Å². The van der Waals surface area contributed by atoms with Gasteiger partial charge in [0.25, 0.3) is 0 Å². The quantitative estimate of drug-likeness (QED) is 0.413. The average Bonchev–Trinajstić information content (AvgIpc) is 3.69. The van der Waals surface area contributed by atoms with Crippen molar-refractivity contribution in [1.29, 1.82) is 0 Å². The van der Waals surface area contributed by atoms with Crippen molar-refractivity contribution in [3.63, 3.8) is 0 Å². The number of thiophene rings is 1. The smallest absolute Gasteiger partial charge is 0.347 e. The molecule has 2 fully saturated rings. The molecule has 6 rings (SSSR count). The van der Waals surface area contributed by atoms with Gasteiger partial charge in [0, 0.05) is 44.1 Å². The van der Waals surface area contributed by atoms with Gasteiger partial charge in [-0.25, -0.2) is 4.98 Å². The Morgan fingerprint density at radius 3 is 2.62 bits per heavy atom. The highest BCUT2D eigenvalue weighted by atomic mass is 32.1. The Balaban J connectivity index is 1.27. The van der Waals surface area contributed by atoms with Gasteiger partial charge in [-0.1, -0.05) is 32.6 Å². The van der Waals surface area contributed by atoms with Gasteiger partial charge >= 0.3 is 6.18 Å². The van der Waals surface area contributed by atoms with Crippen molar-refractivity contribution in [2.75, 3.05) is 36.5 Å². The molecule has 9 nitrogen and oxygen atoms in total. The molecule has 0 spiro atoms. The zero-order valence-corrected chi connectivity index (χ0v) is 23.8. The van der Waals surface area contributed by atoms with Crippen LogP contribution >= 0.6 is 11.3 Å². The van der Waals surface area contributed by atoms with Crippen LogP contribution in [0.2, 0.25) is 0 Å². The van der Waals surface area contributed by atoms with Crippen LogP contribution in [0, 0.1) is 5.92 Å². The third-order valence-electron chi connectivity index (χ3n) is 8.50. The summed E-state index contributed by atoms with van der Waals surface area (Å²) >= 11 is 1.64. The van der Waals surface area contributed by atoms with Gasteiger partial charge in [0.15, 0.2) is 5.82 Å². The van der Waals surface area contributed by atoms with E-state index in [1.807, 2.05) is 16.8 Å². The van der Waals surface area contributed by atoms with E-state index in [-0.39, 0.29) is 30.7 Å². The fourth-order valence-electron chi connectivity index (χ4n) is 6.33. The van der Waals surface area contributed by atoms with Crippen LogP contribution in [-0.2, 0) is 30.5 Å². The molecule has 216 valence electrons. The predicted molar refractivity (Wildman–Crippen MR) is 147 cm³/mol. The van der Waals surface area contributed by atoms with Gasteiger partial charge < -0.3 is 19.3 Å². The summed E-state index contributed by atoms with van der Waals surface area (Å²) in [5, 5.41) is 8.19. The topological polar surface area (TPSA) is 83.3 Å². The predicted octanol–water partition coefficient (Wildman–Crippen LogP) is 4.89. The lowest BCUT2D eigenvalue weighted by molar-refractivity contribution is -0.147. The van der Waals surface area contributed by atoms with Crippen molar-refractivity contribution in [2.24, 2.45) is 5.92 Å². The van der Waals surface area contributed by atoms with Gasteiger partial charge in [0.05, 0.1) is 17.8 Å². The van der Waals surface area contributed by atoms with Crippen LogP contribution in [0.3, 0.4) is 0 Å². The Morgan fingerprint density at radius 2 is 1.88 bits per heavy atom. The summed E-state index contributed by atoms with van der Waals surface area (Å²) in [6.07, 6.45) is 3.90. The highest BCUT2D eigenvalue weighted by Crippen LogP contribution is 2.37. The van der Waals surface area contributed by atoms with Crippen LogP contribution in [-0.4, -0.2) is 68.3 Å². The number of aromatic nitrogens is 5. The Bertz CT molecular complexity index is 1380. The molecule has 3 aromatic heterocycles. The summed E-state index contributed by atoms with van der Waals surface area (Å²) in [5.41, 5.74) is 0. The first-order chi connectivity index (χ1) is 19.2. The summed E-state index contributed by atoms with van der Waals surface area (Å²) < 4.78 is 41.3. The molecule has 0 bridgehead atoms. The summed E-state index contributed by atoms with van der Waals surface area (Å²) in [6.45, 7) is 4.04. The molecule has 5 heterocycles. The molecular formula is C27H35F3N8OS. The molecule has 1 aliphatic carbocycles. The third kappa shape index (κ3) is 5.12. The summed E-state index contributed by atoms with van der Waals surface area (Å²) in [4.78, 5) is 31.4. The number of amides is 1. The Labute approximate surface area is 235 Å². The molecule has 1 saturated carbocycles. The Kier molecular flexibility index (Phi) is 7.34. The number of alkyl halides is 3. The molecule has 3 aromatic rings. The van der Waals surface area contributed by atoms with Gasteiger partial charge in [-0.05, 0) is 31.7 Å². The number of anilines is 2. The molecule has 1 amide bonds.